The number of anilines is 2. The number of nitrogens with one attached hydrogen (secondary N) is 2. The summed E-state index contributed by atoms with van der Waals surface area (Å²) in [6, 6.07) is 0. The number of hydrogen-bond acceptors (Lipinski definition) is 5. The van der Waals surface area contributed by atoms with Crippen LogP contribution in [0.5, 0.6) is 0 Å². The maximum atomic E-state index is 4.61. The van der Waals surface area contributed by atoms with E-state index in [4.69, 9.17) is 0 Å². The second-order valence-electron chi connectivity index (χ2n) is 4.77. The molecule has 19 heavy (non-hydrogen) atoms. The van der Waals surface area contributed by atoms with Crippen LogP contribution in [0.25, 0.3) is 5.65 Å². The summed E-state index contributed by atoms with van der Waals surface area (Å²) in [4.78, 5) is 8.98. The molecule has 5 nitrogen and oxygen atoms in total. The number of rotatable bonds is 5. The molecule has 3 rings (SSSR count). The molecule has 0 amide bonds. The zero-order valence-electron chi connectivity index (χ0n) is 11.1. The lowest BCUT2D eigenvalue weighted by Crippen LogP contribution is -2.15. The van der Waals surface area contributed by atoms with Crippen molar-refractivity contribution in [2.24, 2.45) is 5.92 Å². The van der Waals surface area contributed by atoms with E-state index in [1.54, 1.807) is 0 Å². The molecule has 2 aromatic rings. The third-order valence-corrected chi connectivity index (χ3v) is 4.55. The highest BCUT2D eigenvalue weighted by Crippen LogP contribution is 2.24. The minimum Gasteiger partial charge on any atom is -0.369 e. The fraction of sp³-hybridized carbons (Fsp3) is 0.538. The van der Waals surface area contributed by atoms with Crippen LogP contribution in [0.15, 0.2) is 18.6 Å². The molecule has 0 aromatic carbocycles. The van der Waals surface area contributed by atoms with Gasteiger partial charge in [-0.25, -0.2) is 9.97 Å². The van der Waals surface area contributed by atoms with Gasteiger partial charge in [-0.1, -0.05) is 0 Å². The summed E-state index contributed by atoms with van der Waals surface area (Å²) in [6.45, 7) is 3.92. The Kier molecular flexibility index (Phi) is 3.77. The Labute approximate surface area is 117 Å². The van der Waals surface area contributed by atoms with E-state index in [2.05, 4.69) is 27.5 Å². The fourth-order valence-corrected chi connectivity index (χ4v) is 3.59. The Morgan fingerprint density at radius 3 is 3.21 bits per heavy atom. The topological polar surface area (TPSA) is 54.2 Å². The van der Waals surface area contributed by atoms with E-state index in [0.717, 1.165) is 36.3 Å². The third kappa shape index (κ3) is 2.78. The summed E-state index contributed by atoms with van der Waals surface area (Å²) in [5, 5.41) is 6.72. The van der Waals surface area contributed by atoms with Gasteiger partial charge >= 0.3 is 0 Å². The molecule has 1 atom stereocenters. The number of fused-ring (bicyclic) bond motifs is 1. The van der Waals surface area contributed by atoms with Crippen molar-refractivity contribution in [3.05, 3.63) is 18.6 Å². The zero-order valence-corrected chi connectivity index (χ0v) is 11.9. The van der Waals surface area contributed by atoms with E-state index in [-0.39, 0.29) is 0 Å². The highest BCUT2D eigenvalue weighted by Gasteiger charge is 2.16. The van der Waals surface area contributed by atoms with Crippen molar-refractivity contribution in [1.82, 2.24) is 14.4 Å². The molecule has 1 unspecified atom stereocenters. The lowest BCUT2D eigenvalue weighted by atomic mass is 10.1. The molecule has 1 saturated heterocycles. The first-order chi connectivity index (χ1) is 9.36. The molecule has 0 bridgehead atoms. The third-order valence-electron chi connectivity index (χ3n) is 3.31. The maximum Gasteiger partial charge on any atom is 0.180 e. The predicted molar refractivity (Wildman–Crippen MR) is 81.1 cm³/mol. The molecule has 0 radical (unpaired) electrons. The SMILES string of the molecule is CCNc1cn2ccnc2c(NCC2CCSC2)n1. The molecular formula is C13H19N5S. The number of thioether (sulfide) groups is 1. The van der Waals surface area contributed by atoms with Gasteiger partial charge in [0.05, 0.1) is 6.20 Å². The lowest BCUT2D eigenvalue weighted by Gasteiger charge is -2.13. The molecule has 102 valence electrons. The number of hydrogen-bond donors (Lipinski definition) is 2. The quantitative estimate of drug-likeness (QED) is 0.878. The minimum absolute atomic E-state index is 0.754. The maximum absolute atomic E-state index is 4.61. The highest BCUT2D eigenvalue weighted by atomic mass is 32.2. The van der Waals surface area contributed by atoms with E-state index in [1.807, 2.05) is 34.8 Å². The van der Waals surface area contributed by atoms with Crippen LogP contribution in [-0.2, 0) is 0 Å². The molecule has 0 saturated carbocycles. The average Bonchev–Trinajstić information content (AvgIpc) is 3.07. The first kappa shape index (κ1) is 12.6. The van der Waals surface area contributed by atoms with E-state index < -0.39 is 0 Å². The fourth-order valence-electron chi connectivity index (χ4n) is 2.30. The first-order valence-electron chi connectivity index (χ1n) is 6.76. The van der Waals surface area contributed by atoms with Gasteiger partial charge < -0.3 is 15.0 Å². The first-order valence-corrected chi connectivity index (χ1v) is 7.91. The largest absolute Gasteiger partial charge is 0.369 e. The van der Waals surface area contributed by atoms with Crippen molar-refractivity contribution in [3.8, 4) is 0 Å². The lowest BCUT2D eigenvalue weighted by molar-refractivity contribution is 0.630. The number of imidazole rings is 1. The van der Waals surface area contributed by atoms with Crippen LogP contribution in [0.1, 0.15) is 13.3 Å². The van der Waals surface area contributed by atoms with Crippen molar-refractivity contribution >= 4 is 29.0 Å². The molecule has 1 aliphatic rings. The molecule has 0 spiro atoms. The predicted octanol–water partition coefficient (Wildman–Crippen LogP) is 2.33. The Morgan fingerprint density at radius 2 is 2.42 bits per heavy atom. The molecule has 2 aromatic heterocycles. The smallest absolute Gasteiger partial charge is 0.180 e. The van der Waals surface area contributed by atoms with Gasteiger partial charge in [-0.05, 0) is 30.8 Å². The van der Waals surface area contributed by atoms with Crippen LogP contribution in [0.3, 0.4) is 0 Å². The van der Waals surface area contributed by atoms with Gasteiger partial charge in [0.15, 0.2) is 11.5 Å². The van der Waals surface area contributed by atoms with Crippen LogP contribution >= 0.6 is 11.8 Å². The van der Waals surface area contributed by atoms with Gasteiger partial charge in [-0.2, -0.15) is 11.8 Å². The summed E-state index contributed by atoms with van der Waals surface area (Å²) < 4.78 is 2.01. The van der Waals surface area contributed by atoms with Crippen LogP contribution < -0.4 is 10.6 Å². The van der Waals surface area contributed by atoms with Crippen LogP contribution in [0.2, 0.25) is 0 Å². The number of aromatic nitrogens is 3. The van der Waals surface area contributed by atoms with E-state index in [9.17, 15) is 0 Å². The number of nitrogens with zero attached hydrogens (tertiary/aromatic N) is 3. The summed E-state index contributed by atoms with van der Waals surface area (Å²) >= 11 is 2.04. The van der Waals surface area contributed by atoms with Crippen LogP contribution in [0.4, 0.5) is 11.6 Å². The second-order valence-corrected chi connectivity index (χ2v) is 5.92. The van der Waals surface area contributed by atoms with Crippen molar-refractivity contribution in [2.45, 2.75) is 13.3 Å². The van der Waals surface area contributed by atoms with Crippen molar-refractivity contribution < 1.29 is 0 Å². The molecule has 1 aliphatic heterocycles. The minimum atomic E-state index is 0.754. The van der Waals surface area contributed by atoms with Gasteiger partial charge in [0.2, 0.25) is 0 Å². The summed E-state index contributed by atoms with van der Waals surface area (Å²) in [7, 11) is 0. The second kappa shape index (κ2) is 5.69. The van der Waals surface area contributed by atoms with Gasteiger partial charge in [0, 0.05) is 25.5 Å². The molecule has 0 aliphatic carbocycles. The van der Waals surface area contributed by atoms with E-state index >= 15 is 0 Å². The van der Waals surface area contributed by atoms with E-state index in [0.29, 0.717) is 0 Å². The van der Waals surface area contributed by atoms with Crippen LogP contribution in [0, 0.1) is 5.92 Å². The summed E-state index contributed by atoms with van der Waals surface area (Å²) in [6.07, 6.45) is 7.04. The zero-order chi connectivity index (χ0) is 13.1. The Morgan fingerprint density at radius 1 is 1.47 bits per heavy atom. The normalized spacial score (nSPS) is 18.9. The average molecular weight is 277 g/mol. The van der Waals surface area contributed by atoms with Gasteiger partial charge in [0.1, 0.15) is 5.82 Å². The van der Waals surface area contributed by atoms with E-state index in [1.165, 1.54) is 17.9 Å². The molecule has 3 heterocycles. The van der Waals surface area contributed by atoms with Crippen LogP contribution in [-0.4, -0.2) is 39.0 Å². The molecular weight excluding hydrogens is 258 g/mol. The highest BCUT2D eigenvalue weighted by molar-refractivity contribution is 7.99. The van der Waals surface area contributed by atoms with Gasteiger partial charge in [0.25, 0.3) is 0 Å². The van der Waals surface area contributed by atoms with Crippen molar-refractivity contribution in [1.29, 1.82) is 0 Å². The molecule has 6 heteroatoms. The van der Waals surface area contributed by atoms with Crippen molar-refractivity contribution in [2.75, 3.05) is 35.2 Å². The molecule has 1 fully saturated rings. The standard InChI is InChI=1S/C13H19N5S/c1-2-14-11-8-18-5-4-15-13(18)12(17-11)16-7-10-3-6-19-9-10/h4-5,8,10,14H,2-3,6-7,9H2,1H3,(H,16,17). The van der Waals surface area contributed by atoms with Gasteiger partial charge in [-0.15, -0.1) is 0 Å². The summed E-state index contributed by atoms with van der Waals surface area (Å²) in [5.74, 6) is 5.06. The summed E-state index contributed by atoms with van der Waals surface area (Å²) in [5.41, 5.74) is 0.896. The molecule has 2 N–H and O–H groups in total. The Bertz CT molecular complexity index is 547. The van der Waals surface area contributed by atoms with Crippen molar-refractivity contribution in [3.63, 3.8) is 0 Å². The Hall–Kier alpha value is -1.43. The van der Waals surface area contributed by atoms with Gasteiger partial charge in [-0.3, -0.25) is 0 Å². The Balaban J connectivity index is 1.80. The monoisotopic (exact) mass is 277 g/mol.